The van der Waals surface area contributed by atoms with Gasteiger partial charge in [0.15, 0.2) is 6.61 Å². The van der Waals surface area contributed by atoms with Crippen LogP contribution in [0.3, 0.4) is 0 Å². The molecule has 11 heteroatoms. The normalized spacial score (nSPS) is 21.3. The molecule has 1 aromatic rings. The molecule has 7 nitrogen and oxygen atoms in total. The molecule has 27 heavy (non-hydrogen) atoms. The standard InChI is InChI=1S/C16H25F3N4O3S/c1-11(2)27(24,25)20-9-12-3-5-13(6-4-12)21-14-7-8-15(23-22-14)26-10-16(17,18)19/h7-8,11-13,20H,3-6,9-10H2,1-2H3,(H,21,22). The Balaban J connectivity index is 1.74. The number of hydrogen-bond acceptors (Lipinski definition) is 6. The van der Waals surface area contributed by atoms with Crippen molar-refractivity contribution in [3.8, 4) is 5.88 Å². The molecule has 1 aromatic heterocycles. The van der Waals surface area contributed by atoms with E-state index in [1.807, 2.05) is 0 Å². The van der Waals surface area contributed by atoms with Gasteiger partial charge in [-0.3, -0.25) is 0 Å². The van der Waals surface area contributed by atoms with Crippen LogP contribution in [0, 0.1) is 5.92 Å². The Morgan fingerprint density at radius 3 is 2.37 bits per heavy atom. The second kappa shape index (κ2) is 9.05. The van der Waals surface area contributed by atoms with Crippen LogP contribution in [-0.2, 0) is 10.0 Å². The Kier molecular flexibility index (Phi) is 7.26. The zero-order valence-corrected chi connectivity index (χ0v) is 16.1. The van der Waals surface area contributed by atoms with E-state index in [1.54, 1.807) is 13.8 Å². The van der Waals surface area contributed by atoms with Crippen molar-refractivity contribution in [1.82, 2.24) is 14.9 Å². The molecule has 0 radical (unpaired) electrons. The number of aromatic nitrogens is 2. The van der Waals surface area contributed by atoms with Gasteiger partial charge in [-0.1, -0.05) is 0 Å². The summed E-state index contributed by atoms with van der Waals surface area (Å²) in [6, 6.07) is 3.04. The van der Waals surface area contributed by atoms with Crippen molar-refractivity contribution in [2.45, 2.75) is 57.0 Å². The number of ether oxygens (including phenoxy) is 1. The molecule has 1 saturated carbocycles. The van der Waals surface area contributed by atoms with E-state index >= 15 is 0 Å². The summed E-state index contributed by atoms with van der Waals surface area (Å²) in [5.74, 6) is 0.582. The Morgan fingerprint density at radius 2 is 1.85 bits per heavy atom. The second-order valence-electron chi connectivity index (χ2n) is 6.96. The van der Waals surface area contributed by atoms with Gasteiger partial charge in [0.05, 0.1) is 5.25 Å². The molecule has 1 aliphatic rings. The van der Waals surface area contributed by atoms with Gasteiger partial charge in [-0.05, 0) is 51.5 Å². The van der Waals surface area contributed by atoms with Crippen LogP contribution in [-0.4, -0.2) is 49.2 Å². The summed E-state index contributed by atoms with van der Waals surface area (Å²) in [6.45, 7) is 2.32. The topological polar surface area (TPSA) is 93.2 Å². The van der Waals surface area contributed by atoms with Crippen LogP contribution in [0.2, 0.25) is 0 Å². The Hall–Kier alpha value is -1.62. The quantitative estimate of drug-likeness (QED) is 0.685. The molecular weight excluding hydrogens is 385 g/mol. The summed E-state index contributed by atoms with van der Waals surface area (Å²) in [4.78, 5) is 0. The van der Waals surface area contributed by atoms with Crippen molar-refractivity contribution >= 4 is 15.8 Å². The third kappa shape index (κ3) is 7.49. The van der Waals surface area contributed by atoms with Crippen LogP contribution in [0.5, 0.6) is 5.88 Å². The highest BCUT2D eigenvalue weighted by Crippen LogP contribution is 2.26. The summed E-state index contributed by atoms with van der Waals surface area (Å²) >= 11 is 0. The Morgan fingerprint density at radius 1 is 1.19 bits per heavy atom. The minimum absolute atomic E-state index is 0.166. The molecule has 0 spiro atoms. The SMILES string of the molecule is CC(C)S(=O)(=O)NCC1CCC(Nc2ccc(OCC(F)(F)F)nn2)CC1. The molecule has 0 atom stereocenters. The van der Waals surface area contributed by atoms with Gasteiger partial charge >= 0.3 is 6.18 Å². The fraction of sp³-hybridized carbons (Fsp3) is 0.750. The first-order chi connectivity index (χ1) is 12.5. The molecule has 154 valence electrons. The third-order valence-electron chi connectivity index (χ3n) is 4.42. The fourth-order valence-electron chi connectivity index (χ4n) is 2.75. The summed E-state index contributed by atoms with van der Waals surface area (Å²) < 4.78 is 67.1. The maximum Gasteiger partial charge on any atom is 0.422 e. The lowest BCUT2D eigenvalue weighted by Gasteiger charge is -2.29. The van der Waals surface area contributed by atoms with E-state index in [0.717, 1.165) is 25.7 Å². The van der Waals surface area contributed by atoms with Gasteiger partial charge in [-0.25, -0.2) is 13.1 Å². The van der Waals surface area contributed by atoms with Crippen molar-refractivity contribution in [1.29, 1.82) is 0 Å². The molecule has 0 aliphatic heterocycles. The monoisotopic (exact) mass is 410 g/mol. The molecule has 0 aromatic carbocycles. The molecule has 2 rings (SSSR count). The van der Waals surface area contributed by atoms with Crippen LogP contribution in [0.1, 0.15) is 39.5 Å². The molecule has 0 bridgehead atoms. The zero-order chi connectivity index (χ0) is 20.1. The number of sulfonamides is 1. The summed E-state index contributed by atoms with van der Waals surface area (Å²) in [6.07, 6.45) is -0.971. The largest absolute Gasteiger partial charge is 0.467 e. The van der Waals surface area contributed by atoms with Crippen LogP contribution in [0.15, 0.2) is 12.1 Å². The summed E-state index contributed by atoms with van der Waals surface area (Å²) in [5, 5.41) is 10.2. The molecule has 2 N–H and O–H groups in total. The molecular formula is C16H25F3N4O3S. The van der Waals surface area contributed by atoms with Gasteiger partial charge in [0, 0.05) is 18.7 Å². The van der Waals surface area contributed by atoms with Gasteiger partial charge in [0.25, 0.3) is 0 Å². The molecule has 0 saturated heterocycles. The molecule has 1 aliphatic carbocycles. The number of rotatable bonds is 8. The van der Waals surface area contributed by atoms with Crippen LogP contribution >= 0.6 is 0 Å². The van der Waals surface area contributed by atoms with E-state index in [1.165, 1.54) is 12.1 Å². The highest BCUT2D eigenvalue weighted by molar-refractivity contribution is 7.90. The minimum atomic E-state index is -4.42. The van der Waals surface area contributed by atoms with E-state index in [-0.39, 0.29) is 11.9 Å². The highest BCUT2D eigenvalue weighted by Gasteiger charge is 2.29. The fourth-order valence-corrected chi connectivity index (χ4v) is 3.55. The van der Waals surface area contributed by atoms with Crippen molar-refractivity contribution in [2.75, 3.05) is 18.5 Å². The highest BCUT2D eigenvalue weighted by atomic mass is 32.2. The average Bonchev–Trinajstić information content (AvgIpc) is 2.60. The first kappa shape index (κ1) is 21.7. The van der Waals surface area contributed by atoms with E-state index in [2.05, 4.69) is 25.0 Å². The number of hydrogen-bond donors (Lipinski definition) is 2. The van der Waals surface area contributed by atoms with Crippen molar-refractivity contribution in [3.63, 3.8) is 0 Å². The van der Waals surface area contributed by atoms with Gasteiger partial charge < -0.3 is 10.1 Å². The van der Waals surface area contributed by atoms with Crippen LogP contribution in [0.25, 0.3) is 0 Å². The van der Waals surface area contributed by atoms with Gasteiger partial charge in [-0.15, -0.1) is 10.2 Å². The van der Waals surface area contributed by atoms with E-state index < -0.39 is 28.1 Å². The molecule has 0 amide bonds. The lowest BCUT2D eigenvalue weighted by molar-refractivity contribution is -0.154. The lowest BCUT2D eigenvalue weighted by Crippen LogP contribution is -2.37. The number of nitrogens with one attached hydrogen (secondary N) is 2. The Bertz CT molecular complexity index is 688. The van der Waals surface area contributed by atoms with E-state index in [9.17, 15) is 21.6 Å². The second-order valence-corrected chi connectivity index (χ2v) is 9.29. The van der Waals surface area contributed by atoms with E-state index in [4.69, 9.17) is 0 Å². The number of anilines is 1. The maximum atomic E-state index is 12.1. The minimum Gasteiger partial charge on any atom is -0.467 e. The first-order valence-corrected chi connectivity index (χ1v) is 10.4. The first-order valence-electron chi connectivity index (χ1n) is 8.83. The van der Waals surface area contributed by atoms with Gasteiger partial charge in [0.2, 0.25) is 15.9 Å². The molecule has 0 unspecified atom stereocenters. The van der Waals surface area contributed by atoms with Gasteiger partial charge in [-0.2, -0.15) is 13.2 Å². The van der Waals surface area contributed by atoms with Crippen molar-refractivity contribution in [3.05, 3.63) is 12.1 Å². The summed E-state index contributed by atoms with van der Waals surface area (Å²) in [5.41, 5.74) is 0. The average molecular weight is 410 g/mol. The predicted octanol–water partition coefficient (Wildman–Crippen LogP) is 2.72. The number of nitrogens with zero attached hydrogens (tertiary/aromatic N) is 2. The predicted molar refractivity (Wildman–Crippen MR) is 95.0 cm³/mol. The summed E-state index contributed by atoms with van der Waals surface area (Å²) in [7, 11) is -3.24. The molecule has 1 heterocycles. The number of alkyl halides is 3. The lowest BCUT2D eigenvalue weighted by atomic mass is 9.86. The van der Waals surface area contributed by atoms with Crippen molar-refractivity contribution < 1.29 is 26.3 Å². The van der Waals surface area contributed by atoms with Crippen molar-refractivity contribution in [2.24, 2.45) is 5.92 Å². The molecule has 1 fully saturated rings. The maximum absolute atomic E-state index is 12.1. The van der Waals surface area contributed by atoms with E-state index in [0.29, 0.717) is 18.3 Å². The number of halogens is 3. The zero-order valence-electron chi connectivity index (χ0n) is 15.3. The van der Waals surface area contributed by atoms with Crippen LogP contribution < -0.4 is 14.8 Å². The van der Waals surface area contributed by atoms with Gasteiger partial charge in [0.1, 0.15) is 5.82 Å². The smallest absolute Gasteiger partial charge is 0.422 e. The Labute approximate surface area is 157 Å². The van der Waals surface area contributed by atoms with Crippen LogP contribution in [0.4, 0.5) is 19.0 Å². The third-order valence-corrected chi connectivity index (χ3v) is 6.23.